The van der Waals surface area contributed by atoms with E-state index in [1.807, 2.05) is 0 Å². The summed E-state index contributed by atoms with van der Waals surface area (Å²) in [5.74, 6) is 0.940. The van der Waals surface area contributed by atoms with E-state index >= 15 is 0 Å². The predicted octanol–water partition coefficient (Wildman–Crippen LogP) is 2.71. The summed E-state index contributed by atoms with van der Waals surface area (Å²) >= 11 is 0. The lowest BCUT2D eigenvalue weighted by molar-refractivity contribution is -0.223. The maximum absolute atomic E-state index is 10.4. The molecule has 0 radical (unpaired) electrons. The fourth-order valence-corrected chi connectivity index (χ4v) is 4.78. The van der Waals surface area contributed by atoms with E-state index in [1.165, 1.54) is 51.5 Å². The van der Waals surface area contributed by atoms with E-state index in [1.54, 1.807) is 6.92 Å². The third kappa shape index (κ3) is 4.47. The highest BCUT2D eigenvalue weighted by atomic mass is 16.5. The van der Waals surface area contributed by atoms with E-state index in [-0.39, 0.29) is 12.2 Å². The minimum atomic E-state index is -0.999. The van der Waals surface area contributed by atoms with E-state index in [0.717, 1.165) is 31.8 Å². The van der Waals surface area contributed by atoms with Gasteiger partial charge in [0.05, 0.1) is 17.8 Å². The molecule has 1 aliphatic carbocycles. The van der Waals surface area contributed by atoms with Crippen molar-refractivity contribution in [2.45, 2.75) is 88.4 Å². The van der Waals surface area contributed by atoms with E-state index in [2.05, 4.69) is 4.90 Å². The Kier molecular flexibility index (Phi) is 5.67. The summed E-state index contributed by atoms with van der Waals surface area (Å²) in [4.78, 5) is 2.58. The van der Waals surface area contributed by atoms with Crippen LogP contribution in [0, 0.1) is 5.92 Å². The fraction of sp³-hybridized carbons (Fsp3) is 1.00. The zero-order valence-electron chi connectivity index (χ0n) is 14.8. The Balaban J connectivity index is 1.43. The van der Waals surface area contributed by atoms with Gasteiger partial charge < -0.3 is 19.8 Å². The van der Waals surface area contributed by atoms with Crippen LogP contribution in [-0.4, -0.2) is 58.7 Å². The van der Waals surface area contributed by atoms with Crippen molar-refractivity contribution in [3.8, 4) is 0 Å². The molecule has 1 saturated carbocycles. The summed E-state index contributed by atoms with van der Waals surface area (Å²) in [7, 11) is 0. The lowest BCUT2D eigenvalue weighted by atomic mass is 9.76. The first-order valence-electron chi connectivity index (χ1n) is 9.76. The van der Waals surface area contributed by atoms with Gasteiger partial charge in [-0.3, -0.25) is 0 Å². The molecule has 4 heteroatoms. The Morgan fingerprint density at radius 2 is 1.74 bits per heavy atom. The monoisotopic (exact) mass is 325 g/mol. The number of hydrogen-bond donors (Lipinski definition) is 2. The first-order chi connectivity index (χ1) is 11.0. The van der Waals surface area contributed by atoms with Gasteiger partial charge in [0.15, 0.2) is 0 Å². The van der Waals surface area contributed by atoms with Gasteiger partial charge in [-0.25, -0.2) is 0 Å². The Bertz CT molecular complexity index is 369. The number of rotatable bonds is 3. The van der Waals surface area contributed by atoms with Crippen molar-refractivity contribution in [2.24, 2.45) is 5.92 Å². The number of piperidine rings is 1. The Morgan fingerprint density at radius 3 is 2.35 bits per heavy atom. The minimum absolute atomic E-state index is 0.207. The van der Waals surface area contributed by atoms with E-state index in [9.17, 15) is 10.2 Å². The molecule has 2 N–H and O–H groups in total. The maximum atomic E-state index is 10.4. The fourth-order valence-electron chi connectivity index (χ4n) is 4.78. The van der Waals surface area contributed by atoms with Gasteiger partial charge in [0, 0.05) is 19.5 Å². The van der Waals surface area contributed by atoms with E-state index in [0.29, 0.717) is 6.42 Å². The molecule has 0 aromatic rings. The normalized spacial score (nSPS) is 36.9. The molecule has 2 heterocycles. The highest BCUT2D eigenvalue weighted by Crippen LogP contribution is 2.39. The van der Waals surface area contributed by atoms with Crippen LogP contribution < -0.4 is 0 Å². The lowest BCUT2D eigenvalue weighted by Gasteiger charge is -2.50. The van der Waals surface area contributed by atoms with Crippen molar-refractivity contribution < 1.29 is 14.9 Å². The third-order valence-electron chi connectivity index (χ3n) is 6.54. The predicted molar refractivity (Wildman–Crippen MR) is 91.4 cm³/mol. The summed E-state index contributed by atoms with van der Waals surface area (Å²) < 4.78 is 5.98. The van der Waals surface area contributed by atoms with Crippen molar-refractivity contribution >= 4 is 0 Å². The number of aliphatic hydroxyl groups is 2. The zero-order chi connectivity index (χ0) is 16.3. The largest absolute Gasteiger partial charge is 0.388 e. The Morgan fingerprint density at radius 1 is 1.09 bits per heavy atom. The summed E-state index contributed by atoms with van der Waals surface area (Å²) in [5, 5.41) is 20.3. The molecule has 0 bridgehead atoms. The Hall–Kier alpha value is -0.160. The third-order valence-corrected chi connectivity index (χ3v) is 6.54. The average molecular weight is 325 g/mol. The molecule has 134 valence electrons. The van der Waals surface area contributed by atoms with Gasteiger partial charge in [-0.05, 0) is 38.6 Å². The van der Waals surface area contributed by atoms with Gasteiger partial charge in [-0.2, -0.15) is 0 Å². The van der Waals surface area contributed by atoms with Crippen molar-refractivity contribution in [2.75, 3.05) is 26.2 Å². The van der Waals surface area contributed by atoms with Crippen LogP contribution in [0.2, 0.25) is 0 Å². The Labute approximate surface area is 141 Å². The van der Waals surface area contributed by atoms with E-state index < -0.39 is 11.7 Å². The molecular formula is C19H35NO3. The zero-order valence-corrected chi connectivity index (χ0v) is 14.8. The number of ether oxygens (including phenoxy) is 1. The van der Waals surface area contributed by atoms with Crippen LogP contribution in [-0.2, 0) is 4.74 Å². The molecule has 2 atom stereocenters. The second-order valence-electron chi connectivity index (χ2n) is 8.53. The highest BCUT2D eigenvalue weighted by molar-refractivity contribution is 5.00. The van der Waals surface area contributed by atoms with Gasteiger partial charge in [0.2, 0.25) is 0 Å². The molecule has 3 aliphatic rings. The second kappa shape index (κ2) is 7.38. The highest BCUT2D eigenvalue weighted by Gasteiger charge is 2.48. The number of nitrogens with zero attached hydrogens (tertiary/aromatic N) is 1. The summed E-state index contributed by atoms with van der Waals surface area (Å²) in [5.41, 5.74) is -1.21. The van der Waals surface area contributed by atoms with Crippen LogP contribution in [0.4, 0.5) is 0 Å². The summed E-state index contributed by atoms with van der Waals surface area (Å²) in [6.07, 6.45) is 11.7. The molecular weight excluding hydrogens is 290 g/mol. The number of hydrogen-bond acceptors (Lipinski definition) is 4. The summed E-state index contributed by atoms with van der Waals surface area (Å²) in [6.45, 7) is 5.38. The molecule has 2 saturated heterocycles. The van der Waals surface area contributed by atoms with Crippen molar-refractivity contribution in [3.63, 3.8) is 0 Å². The smallest absolute Gasteiger partial charge is 0.106 e. The molecule has 0 unspecified atom stereocenters. The molecule has 3 rings (SSSR count). The van der Waals surface area contributed by atoms with Crippen LogP contribution in [0.3, 0.4) is 0 Å². The van der Waals surface area contributed by atoms with Crippen molar-refractivity contribution in [3.05, 3.63) is 0 Å². The van der Waals surface area contributed by atoms with Gasteiger partial charge in [0.25, 0.3) is 0 Å². The number of aliphatic hydroxyl groups excluding tert-OH is 1. The van der Waals surface area contributed by atoms with Crippen LogP contribution in [0.15, 0.2) is 0 Å². The first-order valence-corrected chi connectivity index (χ1v) is 9.76. The molecule has 4 nitrogen and oxygen atoms in total. The first kappa shape index (κ1) is 17.7. The second-order valence-corrected chi connectivity index (χ2v) is 8.53. The number of likely N-dealkylation sites (tertiary alicyclic amines) is 1. The van der Waals surface area contributed by atoms with Crippen LogP contribution in [0.25, 0.3) is 0 Å². The maximum Gasteiger partial charge on any atom is 0.106 e. The van der Waals surface area contributed by atoms with Gasteiger partial charge >= 0.3 is 0 Å². The van der Waals surface area contributed by atoms with Crippen molar-refractivity contribution in [1.29, 1.82) is 0 Å². The van der Waals surface area contributed by atoms with Gasteiger partial charge in [0.1, 0.15) is 6.10 Å². The SMILES string of the molecule is C[C@]1(O)CC2(CCN(CCC3CCCCCC3)CC2)OC[C@@H]1O. The standard InChI is InChI=1S/C19H35NO3/c1-18(22)15-19(23-14-17(18)21)9-12-20(13-10-19)11-8-16-6-4-2-3-5-7-16/h16-17,21-22H,2-15H2,1H3/t17-,18-/m0/s1. The van der Waals surface area contributed by atoms with Crippen LogP contribution >= 0.6 is 0 Å². The molecule has 0 amide bonds. The topological polar surface area (TPSA) is 52.9 Å². The van der Waals surface area contributed by atoms with Gasteiger partial charge in [-0.15, -0.1) is 0 Å². The average Bonchev–Trinajstić information content (AvgIpc) is 2.79. The molecule has 3 fully saturated rings. The molecule has 2 aliphatic heterocycles. The van der Waals surface area contributed by atoms with Gasteiger partial charge in [-0.1, -0.05) is 38.5 Å². The summed E-state index contributed by atoms with van der Waals surface area (Å²) in [6, 6.07) is 0. The van der Waals surface area contributed by atoms with Crippen molar-refractivity contribution in [1.82, 2.24) is 4.90 Å². The molecule has 0 aromatic heterocycles. The van der Waals surface area contributed by atoms with E-state index in [4.69, 9.17) is 4.74 Å². The van der Waals surface area contributed by atoms with Crippen LogP contribution in [0.5, 0.6) is 0 Å². The lowest BCUT2D eigenvalue weighted by Crippen LogP contribution is -2.59. The minimum Gasteiger partial charge on any atom is -0.388 e. The molecule has 23 heavy (non-hydrogen) atoms. The molecule has 1 spiro atoms. The van der Waals surface area contributed by atoms with Crippen LogP contribution in [0.1, 0.15) is 71.1 Å². The molecule has 0 aromatic carbocycles. The quantitative estimate of drug-likeness (QED) is 0.784.